The Morgan fingerprint density at radius 3 is 2.60 bits per heavy atom. The number of carbonyl (C=O) groups excluding carboxylic acids is 1. The van der Waals surface area contributed by atoms with Gasteiger partial charge in [-0.3, -0.25) is 14.6 Å². The van der Waals surface area contributed by atoms with Crippen molar-refractivity contribution in [2.24, 2.45) is 0 Å². The molecule has 1 saturated heterocycles. The van der Waals surface area contributed by atoms with E-state index in [1.165, 1.54) is 35.1 Å². The third-order valence-electron chi connectivity index (χ3n) is 6.97. The number of piperazine rings is 1. The Labute approximate surface area is 183 Å². The fourth-order valence-electron chi connectivity index (χ4n) is 4.81. The van der Waals surface area contributed by atoms with Crippen LogP contribution in [0.5, 0.6) is 0 Å². The molecule has 2 aromatic heterocycles. The Bertz CT molecular complexity index is 937. The third kappa shape index (κ3) is 3.87. The summed E-state index contributed by atoms with van der Waals surface area (Å²) in [6, 6.07) is 0.789. The summed E-state index contributed by atoms with van der Waals surface area (Å²) in [5.41, 5.74) is 1.35. The number of carbonyl (C=O) groups is 1. The Hall–Kier alpha value is -1.57. The maximum atomic E-state index is 12.9. The maximum Gasteiger partial charge on any atom is 0.236 e. The van der Waals surface area contributed by atoms with Gasteiger partial charge in [0.1, 0.15) is 10.7 Å². The van der Waals surface area contributed by atoms with Gasteiger partial charge in [-0.05, 0) is 24.8 Å². The Balaban J connectivity index is 1.22. The largest absolute Gasteiger partial charge is 0.339 e. The molecule has 2 aromatic rings. The van der Waals surface area contributed by atoms with Gasteiger partial charge in [0, 0.05) is 67.2 Å². The number of amides is 1. The maximum absolute atomic E-state index is 12.9. The first-order valence-electron chi connectivity index (χ1n) is 11.4. The lowest BCUT2D eigenvalue weighted by molar-refractivity contribution is -0.135. The second-order valence-corrected chi connectivity index (χ2v) is 11.2. The van der Waals surface area contributed by atoms with Crippen molar-refractivity contribution >= 4 is 27.5 Å². The highest BCUT2D eigenvalue weighted by Gasteiger charge is 2.31. The quantitative estimate of drug-likeness (QED) is 0.754. The zero-order chi connectivity index (χ0) is 20.9. The molecule has 1 saturated carbocycles. The van der Waals surface area contributed by atoms with Crippen molar-refractivity contribution in [3.63, 3.8) is 0 Å². The van der Waals surface area contributed by atoms with Crippen LogP contribution in [0.25, 0.3) is 10.2 Å². The smallest absolute Gasteiger partial charge is 0.236 e. The van der Waals surface area contributed by atoms with Gasteiger partial charge in [0.15, 0.2) is 0 Å². The highest BCUT2D eigenvalue weighted by atomic mass is 32.1. The molecule has 1 amide bonds. The number of nitrogens with zero attached hydrogens (tertiary/aromatic N) is 5. The van der Waals surface area contributed by atoms with Gasteiger partial charge >= 0.3 is 0 Å². The first-order valence-corrected chi connectivity index (χ1v) is 12.2. The molecule has 0 bridgehead atoms. The second kappa shape index (κ2) is 7.84. The predicted molar refractivity (Wildman–Crippen MR) is 121 cm³/mol. The molecule has 2 fully saturated rings. The first kappa shape index (κ1) is 20.3. The van der Waals surface area contributed by atoms with Crippen molar-refractivity contribution < 1.29 is 4.79 Å². The van der Waals surface area contributed by atoms with E-state index < -0.39 is 0 Å². The summed E-state index contributed by atoms with van der Waals surface area (Å²) in [6.07, 6.45) is 7.07. The van der Waals surface area contributed by atoms with Gasteiger partial charge in [-0.1, -0.05) is 27.2 Å². The molecule has 0 atom stereocenters. The number of hydrogen-bond donors (Lipinski definition) is 0. The van der Waals surface area contributed by atoms with Crippen LogP contribution in [0.3, 0.4) is 0 Å². The van der Waals surface area contributed by atoms with Crippen molar-refractivity contribution in [2.45, 2.75) is 64.5 Å². The van der Waals surface area contributed by atoms with E-state index in [0.29, 0.717) is 12.5 Å². The summed E-state index contributed by atoms with van der Waals surface area (Å²) in [6.45, 7) is 12.7. The predicted octanol–water partition coefficient (Wildman–Crippen LogP) is 3.04. The SMILES string of the molecule is CC(C)(C)c1ncc2c3c(sc2n1)CN(CC(=O)N1CCN(C2CCC2)CC1)CC3. The summed E-state index contributed by atoms with van der Waals surface area (Å²) in [4.78, 5) is 31.8. The lowest BCUT2D eigenvalue weighted by Gasteiger charge is -2.43. The molecule has 2 aliphatic heterocycles. The van der Waals surface area contributed by atoms with Crippen LogP contribution < -0.4 is 0 Å². The second-order valence-electron chi connectivity index (χ2n) is 10.1. The lowest BCUT2D eigenvalue weighted by atomic mass is 9.91. The molecular formula is C23H33N5OS. The molecule has 6 nitrogen and oxygen atoms in total. The minimum atomic E-state index is -0.0419. The third-order valence-corrected chi connectivity index (χ3v) is 8.09. The highest BCUT2D eigenvalue weighted by Crippen LogP contribution is 2.35. The van der Waals surface area contributed by atoms with E-state index in [-0.39, 0.29) is 5.41 Å². The van der Waals surface area contributed by atoms with Gasteiger partial charge < -0.3 is 4.90 Å². The van der Waals surface area contributed by atoms with Crippen molar-refractivity contribution in [3.05, 3.63) is 22.5 Å². The van der Waals surface area contributed by atoms with Crippen molar-refractivity contribution in [3.8, 4) is 0 Å². The summed E-state index contributed by atoms with van der Waals surface area (Å²) in [7, 11) is 0. The minimum absolute atomic E-state index is 0.0419. The Morgan fingerprint density at radius 2 is 1.93 bits per heavy atom. The van der Waals surface area contributed by atoms with Crippen LogP contribution in [-0.4, -0.2) is 75.9 Å². The average Bonchev–Trinajstić information content (AvgIpc) is 3.03. The normalized spacial score (nSPS) is 21.6. The Kier molecular flexibility index (Phi) is 5.32. The summed E-state index contributed by atoms with van der Waals surface area (Å²) < 4.78 is 0. The summed E-state index contributed by atoms with van der Waals surface area (Å²) in [5, 5.41) is 1.21. The van der Waals surface area contributed by atoms with Crippen LogP contribution in [0, 0.1) is 0 Å². The lowest BCUT2D eigenvalue weighted by Crippen LogP contribution is -2.55. The van der Waals surface area contributed by atoms with E-state index in [4.69, 9.17) is 4.98 Å². The van der Waals surface area contributed by atoms with E-state index in [1.807, 2.05) is 6.20 Å². The van der Waals surface area contributed by atoms with E-state index in [1.54, 1.807) is 11.3 Å². The van der Waals surface area contributed by atoms with E-state index in [2.05, 4.69) is 40.5 Å². The van der Waals surface area contributed by atoms with Gasteiger partial charge in [0.25, 0.3) is 0 Å². The number of aromatic nitrogens is 2. The van der Waals surface area contributed by atoms with Crippen LogP contribution in [0.15, 0.2) is 6.20 Å². The van der Waals surface area contributed by atoms with Crippen molar-refractivity contribution in [2.75, 3.05) is 39.3 Å². The molecule has 0 N–H and O–H groups in total. The molecule has 4 heterocycles. The van der Waals surface area contributed by atoms with Crippen LogP contribution in [0.1, 0.15) is 56.3 Å². The summed E-state index contributed by atoms with van der Waals surface area (Å²) in [5.74, 6) is 1.20. The minimum Gasteiger partial charge on any atom is -0.339 e. The van der Waals surface area contributed by atoms with E-state index in [0.717, 1.165) is 62.4 Å². The standard InChI is InChI=1S/C23H33N5OS/c1-23(2,3)22-24-13-18-17-7-8-26(14-19(17)30-21(18)25-22)15-20(29)28-11-9-27(10-12-28)16-5-4-6-16/h13,16H,4-12,14-15H2,1-3H3. The molecule has 0 aromatic carbocycles. The average molecular weight is 428 g/mol. The molecule has 0 radical (unpaired) electrons. The fraction of sp³-hybridized carbons (Fsp3) is 0.696. The van der Waals surface area contributed by atoms with Gasteiger partial charge in [-0.2, -0.15) is 0 Å². The number of thiophene rings is 1. The van der Waals surface area contributed by atoms with E-state index in [9.17, 15) is 4.79 Å². The molecule has 1 aliphatic carbocycles. The molecule has 0 unspecified atom stereocenters. The first-order chi connectivity index (χ1) is 14.4. The zero-order valence-corrected chi connectivity index (χ0v) is 19.3. The molecule has 3 aliphatic rings. The van der Waals surface area contributed by atoms with Gasteiger partial charge in [-0.15, -0.1) is 11.3 Å². The van der Waals surface area contributed by atoms with Gasteiger partial charge in [0.2, 0.25) is 5.91 Å². The molecule has 0 spiro atoms. The zero-order valence-electron chi connectivity index (χ0n) is 18.5. The molecule has 7 heteroatoms. The van der Waals surface area contributed by atoms with Crippen molar-refractivity contribution in [1.29, 1.82) is 0 Å². The summed E-state index contributed by atoms with van der Waals surface area (Å²) >= 11 is 1.78. The van der Waals surface area contributed by atoms with Crippen LogP contribution in [0.2, 0.25) is 0 Å². The number of rotatable bonds is 3. The van der Waals surface area contributed by atoms with Gasteiger partial charge in [-0.25, -0.2) is 9.97 Å². The number of fused-ring (bicyclic) bond motifs is 3. The molecular weight excluding hydrogens is 394 g/mol. The number of hydrogen-bond acceptors (Lipinski definition) is 6. The highest BCUT2D eigenvalue weighted by molar-refractivity contribution is 7.18. The molecule has 162 valence electrons. The Morgan fingerprint density at radius 1 is 1.17 bits per heavy atom. The van der Waals surface area contributed by atoms with Crippen LogP contribution in [-0.2, 0) is 23.2 Å². The monoisotopic (exact) mass is 427 g/mol. The van der Waals surface area contributed by atoms with Crippen LogP contribution in [0.4, 0.5) is 0 Å². The fourth-order valence-corrected chi connectivity index (χ4v) is 6.04. The van der Waals surface area contributed by atoms with Crippen molar-refractivity contribution in [1.82, 2.24) is 24.7 Å². The van der Waals surface area contributed by atoms with Gasteiger partial charge in [0.05, 0.1) is 6.54 Å². The molecule has 30 heavy (non-hydrogen) atoms. The van der Waals surface area contributed by atoms with E-state index >= 15 is 0 Å². The van der Waals surface area contributed by atoms with Crippen LogP contribution >= 0.6 is 11.3 Å². The molecule has 5 rings (SSSR count). The topological polar surface area (TPSA) is 52.6 Å².